The standard InChI is InChI=1S/C8H12NO2/c10-9-8-6-2-1-5(3-6)7(8)4-11-9/h5-8H,1-4H2/q-1/t5?,6-,7?,8?/m1/s1. The minimum Gasteiger partial charge on any atom is -0.762 e. The van der Waals surface area contributed by atoms with E-state index in [1.807, 2.05) is 0 Å². The lowest BCUT2D eigenvalue weighted by atomic mass is 9.86. The van der Waals surface area contributed by atoms with Crippen LogP contribution in [0.3, 0.4) is 0 Å². The van der Waals surface area contributed by atoms with Gasteiger partial charge in [-0.05, 0) is 31.1 Å². The van der Waals surface area contributed by atoms with Crippen LogP contribution in [0, 0.1) is 23.0 Å². The zero-order valence-electron chi connectivity index (χ0n) is 6.40. The molecule has 2 aliphatic carbocycles. The van der Waals surface area contributed by atoms with Crippen LogP contribution in [0.4, 0.5) is 0 Å². The Kier molecular flexibility index (Phi) is 1.15. The van der Waals surface area contributed by atoms with E-state index in [0.717, 1.165) is 11.1 Å². The first-order valence-corrected chi connectivity index (χ1v) is 4.45. The fourth-order valence-electron chi connectivity index (χ4n) is 3.19. The Labute approximate surface area is 65.9 Å². The molecule has 0 amide bonds. The van der Waals surface area contributed by atoms with Crippen molar-refractivity contribution in [2.24, 2.45) is 17.8 Å². The Hall–Kier alpha value is -0.120. The van der Waals surface area contributed by atoms with E-state index in [9.17, 15) is 5.21 Å². The molecule has 62 valence electrons. The van der Waals surface area contributed by atoms with E-state index in [0.29, 0.717) is 18.4 Å². The number of fused-ring (bicyclic) bond motifs is 5. The summed E-state index contributed by atoms with van der Waals surface area (Å²) in [6, 6.07) is 0.230. The van der Waals surface area contributed by atoms with Crippen LogP contribution in [0.15, 0.2) is 0 Å². The summed E-state index contributed by atoms with van der Waals surface area (Å²) in [6.45, 7) is 0.690. The highest BCUT2D eigenvalue weighted by atomic mass is 16.9. The van der Waals surface area contributed by atoms with Crippen molar-refractivity contribution in [2.45, 2.75) is 25.3 Å². The molecule has 3 nitrogen and oxygen atoms in total. The van der Waals surface area contributed by atoms with Crippen molar-refractivity contribution in [1.29, 1.82) is 0 Å². The minimum atomic E-state index is 0.230. The molecule has 1 saturated heterocycles. The number of hydroxylamine groups is 2. The van der Waals surface area contributed by atoms with E-state index in [-0.39, 0.29) is 6.04 Å². The maximum Gasteiger partial charge on any atom is 0.0719 e. The van der Waals surface area contributed by atoms with Crippen LogP contribution in [0.5, 0.6) is 0 Å². The summed E-state index contributed by atoms with van der Waals surface area (Å²) in [5.74, 6) is 2.04. The second-order valence-electron chi connectivity index (χ2n) is 4.07. The third-order valence-electron chi connectivity index (χ3n) is 3.68. The first kappa shape index (κ1) is 6.40. The summed E-state index contributed by atoms with van der Waals surface area (Å²) < 4.78 is 0. The third-order valence-corrected chi connectivity index (χ3v) is 3.68. The molecule has 0 spiro atoms. The first-order valence-electron chi connectivity index (χ1n) is 4.45. The van der Waals surface area contributed by atoms with Gasteiger partial charge in [-0.15, -0.1) is 0 Å². The molecule has 0 radical (unpaired) electrons. The largest absolute Gasteiger partial charge is 0.762 e. The van der Waals surface area contributed by atoms with Gasteiger partial charge in [0.2, 0.25) is 0 Å². The average Bonchev–Trinajstić information content (AvgIpc) is 2.60. The molecule has 3 rings (SSSR count). The van der Waals surface area contributed by atoms with Gasteiger partial charge < -0.3 is 10.0 Å². The van der Waals surface area contributed by atoms with Crippen LogP contribution < -0.4 is 0 Å². The lowest BCUT2D eigenvalue weighted by Crippen LogP contribution is -2.32. The topological polar surface area (TPSA) is 35.5 Å². The van der Waals surface area contributed by atoms with E-state index in [4.69, 9.17) is 4.84 Å². The Bertz CT molecular complexity index is 185. The van der Waals surface area contributed by atoms with Gasteiger partial charge in [-0.2, -0.15) is 0 Å². The molecular formula is C8H12NO2-. The fourth-order valence-corrected chi connectivity index (χ4v) is 3.19. The van der Waals surface area contributed by atoms with Crippen molar-refractivity contribution in [3.63, 3.8) is 0 Å². The van der Waals surface area contributed by atoms with Gasteiger partial charge in [-0.1, -0.05) is 0 Å². The molecule has 3 fully saturated rings. The fraction of sp³-hybridized carbons (Fsp3) is 1.00. The van der Waals surface area contributed by atoms with E-state index >= 15 is 0 Å². The normalized spacial score (nSPS) is 55.4. The minimum absolute atomic E-state index is 0.230. The highest BCUT2D eigenvalue weighted by Crippen LogP contribution is 2.52. The van der Waals surface area contributed by atoms with Crippen LogP contribution in [0.25, 0.3) is 0 Å². The molecule has 2 saturated carbocycles. The number of nitrogens with zero attached hydrogens (tertiary/aromatic N) is 1. The maximum atomic E-state index is 11.1. The highest BCUT2D eigenvalue weighted by molar-refractivity contribution is 5.02. The van der Waals surface area contributed by atoms with E-state index in [1.165, 1.54) is 19.3 Å². The van der Waals surface area contributed by atoms with E-state index in [1.54, 1.807) is 0 Å². The molecule has 0 aromatic heterocycles. The Morgan fingerprint density at radius 2 is 2.09 bits per heavy atom. The van der Waals surface area contributed by atoms with Crippen LogP contribution in [0.2, 0.25) is 0 Å². The van der Waals surface area contributed by atoms with Gasteiger partial charge in [-0.25, -0.2) is 0 Å². The monoisotopic (exact) mass is 154 g/mol. The number of hydrogen-bond acceptors (Lipinski definition) is 3. The zero-order chi connectivity index (χ0) is 7.42. The summed E-state index contributed by atoms with van der Waals surface area (Å²) in [5.41, 5.74) is 0. The van der Waals surface area contributed by atoms with Crippen LogP contribution in [-0.4, -0.2) is 17.9 Å². The Morgan fingerprint density at radius 1 is 1.27 bits per heavy atom. The van der Waals surface area contributed by atoms with E-state index in [2.05, 4.69) is 0 Å². The summed E-state index contributed by atoms with van der Waals surface area (Å²) in [5, 5.41) is 12.0. The molecule has 1 aliphatic heterocycles. The summed E-state index contributed by atoms with van der Waals surface area (Å²) in [7, 11) is 0. The molecule has 3 heteroatoms. The van der Waals surface area contributed by atoms with Crippen LogP contribution in [0.1, 0.15) is 19.3 Å². The molecule has 0 aromatic rings. The summed E-state index contributed by atoms with van der Waals surface area (Å²) in [4.78, 5) is 4.98. The van der Waals surface area contributed by atoms with Gasteiger partial charge in [0.1, 0.15) is 0 Å². The molecule has 11 heavy (non-hydrogen) atoms. The predicted molar refractivity (Wildman–Crippen MR) is 39.3 cm³/mol. The first-order chi connectivity index (χ1) is 5.36. The van der Waals surface area contributed by atoms with E-state index < -0.39 is 0 Å². The van der Waals surface area contributed by atoms with Gasteiger partial charge in [0.05, 0.1) is 6.61 Å². The molecule has 0 N–H and O–H groups in total. The van der Waals surface area contributed by atoms with Gasteiger partial charge >= 0.3 is 0 Å². The quantitative estimate of drug-likeness (QED) is 0.525. The molecule has 2 bridgehead atoms. The third kappa shape index (κ3) is 0.687. The van der Waals surface area contributed by atoms with Crippen LogP contribution in [-0.2, 0) is 4.84 Å². The number of hydrogen-bond donors (Lipinski definition) is 0. The molecule has 3 aliphatic rings. The van der Waals surface area contributed by atoms with Crippen molar-refractivity contribution in [3.8, 4) is 0 Å². The Morgan fingerprint density at radius 3 is 2.91 bits per heavy atom. The summed E-state index contributed by atoms with van der Waals surface area (Å²) >= 11 is 0. The lowest BCUT2D eigenvalue weighted by Gasteiger charge is -2.32. The highest BCUT2D eigenvalue weighted by Gasteiger charge is 2.51. The van der Waals surface area contributed by atoms with Crippen molar-refractivity contribution in [2.75, 3.05) is 6.61 Å². The van der Waals surface area contributed by atoms with Crippen molar-refractivity contribution in [1.82, 2.24) is 5.23 Å². The smallest absolute Gasteiger partial charge is 0.0719 e. The predicted octanol–water partition coefficient (Wildman–Crippen LogP) is 1.15. The lowest BCUT2D eigenvalue weighted by molar-refractivity contribution is -0.0977. The molecule has 4 atom stereocenters. The van der Waals surface area contributed by atoms with Crippen molar-refractivity contribution in [3.05, 3.63) is 5.21 Å². The van der Waals surface area contributed by atoms with Gasteiger partial charge in [0.25, 0.3) is 0 Å². The Balaban J connectivity index is 1.91. The number of rotatable bonds is 0. The second-order valence-corrected chi connectivity index (χ2v) is 4.07. The molecule has 1 heterocycles. The average molecular weight is 154 g/mol. The van der Waals surface area contributed by atoms with Gasteiger partial charge in [0, 0.05) is 12.0 Å². The van der Waals surface area contributed by atoms with Crippen molar-refractivity contribution >= 4 is 0 Å². The SMILES string of the molecule is [O-]N1OCC2C3CC[C@H](C3)C21. The second kappa shape index (κ2) is 1.97. The molecular weight excluding hydrogens is 142 g/mol. The zero-order valence-corrected chi connectivity index (χ0v) is 6.40. The molecule has 0 aromatic carbocycles. The maximum absolute atomic E-state index is 11.1. The molecule has 3 unspecified atom stereocenters. The van der Waals surface area contributed by atoms with Crippen molar-refractivity contribution < 1.29 is 4.84 Å². The van der Waals surface area contributed by atoms with Crippen LogP contribution >= 0.6 is 0 Å². The van der Waals surface area contributed by atoms with Gasteiger partial charge in [-0.3, -0.25) is 5.23 Å². The summed E-state index contributed by atoms with van der Waals surface area (Å²) in [6.07, 6.45) is 3.88. The van der Waals surface area contributed by atoms with Gasteiger partial charge in [0.15, 0.2) is 0 Å².